The Balaban J connectivity index is 2.70. The van der Waals surface area contributed by atoms with E-state index in [0.29, 0.717) is 0 Å². The van der Waals surface area contributed by atoms with Crippen LogP contribution >= 0.6 is 10.5 Å². The van der Waals surface area contributed by atoms with Crippen LogP contribution < -0.4 is 5.11 Å². The Hall–Kier alpha value is -1.42. The van der Waals surface area contributed by atoms with Gasteiger partial charge in [0.15, 0.2) is 10.8 Å². The van der Waals surface area contributed by atoms with Crippen molar-refractivity contribution in [3.63, 3.8) is 0 Å². The van der Waals surface area contributed by atoms with Gasteiger partial charge >= 0.3 is 5.30 Å². The van der Waals surface area contributed by atoms with Gasteiger partial charge in [0.2, 0.25) is 0 Å². The van der Waals surface area contributed by atoms with Crippen LogP contribution in [0.15, 0.2) is 29.1 Å². The van der Waals surface area contributed by atoms with Crippen LogP contribution in [0.2, 0.25) is 0 Å². The second-order valence-electron chi connectivity index (χ2n) is 2.34. The third kappa shape index (κ3) is 1.06. The number of carbonyl (C=O) groups excluding carboxylic acids is 1. The van der Waals surface area contributed by atoms with Crippen LogP contribution in [0.5, 0.6) is 0 Å². The number of fused-ring (bicyclic) bond motifs is 1. The molecule has 0 fully saturated rings. The zero-order valence-electron chi connectivity index (χ0n) is 6.06. The molecule has 12 heavy (non-hydrogen) atoms. The standard InChI is InChI=1S/C8H5NO2S/c10-8(11)12-4-6-2-1-3-9-7(6)5-12/h1-5H. The number of carboxylic acid groups (broad SMARTS) is 1. The van der Waals surface area contributed by atoms with Crippen molar-refractivity contribution in [2.24, 2.45) is 0 Å². The molecule has 4 heteroatoms. The van der Waals surface area contributed by atoms with Crippen molar-refractivity contribution in [3.8, 4) is 0 Å². The van der Waals surface area contributed by atoms with Crippen LogP contribution in [-0.4, -0.2) is 10.3 Å². The fraction of sp³-hybridized carbons (Fsp3) is 0. The first kappa shape index (κ1) is 7.24. The van der Waals surface area contributed by atoms with E-state index in [1.165, 1.54) is 0 Å². The van der Waals surface area contributed by atoms with Gasteiger partial charge in [-0.15, -0.1) is 0 Å². The van der Waals surface area contributed by atoms with Gasteiger partial charge in [-0.25, -0.2) is 0 Å². The molecule has 0 aliphatic rings. The summed E-state index contributed by atoms with van der Waals surface area (Å²) in [5, 5.41) is 13.6. The summed E-state index contributed by atoms with van der Waals surface area (Å²) >= 11 is 0. The van der Waals surface area contributed by atoms with E-state index in [0.717, 1.165) is 10.9 Å². The lowest BCUT2D eigenvalue weighted by molar-refractivity contribution is -0.233. The van der Waals surface area contributed by atoms with Gasteiger partial charge in [-0.1, -0.05) is 0 Å². The summed E-state index contributed by atoms with van der Waals surface area (Å²) in [5.41, 5.74) is 0.741. The number of thiophene rings is 1. The second kappa shape index (κ2) is 2.57. The van der Waals surface area contributed by atoms with Crippen molar-refractivity contribution in [2.75, 3.05) is 0 Å². The molecule has 0 aliphatic heterocycles. The van der Waals surface area contributed by atoms with E-state index in [9.17, 15) is 9.90 Å². The van der Waals surface area contributed by atoms with E-state index in [1.807, 2.05) is 6.07 Å². The molecular weight excluding hydrogens is 174 g/mol. The lowest BCUT2D eigenvalue weighted by Gasteiger charge is -1.80. The van der Waals surface area contributed by atoms with E-state index in [4.69, 9.17) is 0 Å². The fourth-order valence-corrected chi connectivity index (χ4v) is 2.19. The quantitative estimate of drug-likeness (QED) is 0.617. The molecule has 0 amide bonds. The van der Waals surface area contributed by atoms with Crippen molar-refractivity contribution in [1.29, 1.82) is 0 Å². The molecule has 2 heterocycles. The highest BCUT2D eigenvalue weighted by Gasteiger charge is 2.10. The average Bonchev–Trinajstić information content (AvgIpc) is 2.46. The Bertz CT molecular complexity index is 402. The van der Waals surface area contributed by atoms with Gasteiger partial charge in [-0.05, 0) is 12.1 Å². The lowest BCUT2D eigenvalue weighted by Crippen LogP contribution is -2.15. The minimum atomic E-state index is -1.05. The molecule has 0 bridgehead atoms. The molecule has 0 aromatic carbocycles. The Morgan fingerprint density at radius 1 is 1.50 bits per heavy atom. The van der Waals surface area contributed by atoms with Gasteiger partial charge < -0.3 is 9.90 Å². The van der Waals surface area contributed by atoms with E-state index in [2.05, 4.69) is 4.98 Å². The smallest absolute Gasteiger partial charge is 0.300 e. The van der Waals surface area contributed by atoms with Crippen molar-refractivity contribution >= 4 is 26.7 Å². The molecule has 0 N–H and O–H groups in total. The molecule has 0 spiro atoms. The van der Waals surface area contributed by atoms with Gasteiger partial charge in [-0.2, -0.15) is 0 Å². The first-order valence-electron chi connectivity index (χ1n) is 3.35. The van der Waals surface area contributed by atoms with Crippen molar-refractivity contribution in [3.05, 3.63) is 29.1 Å². The van der Waals surface area contributed by atoms with Gasteiger partial charge in [-0.3, -0.25) is 4.98 Å². The predicted octanol–water partition coefficient (Wildman–Crippen LogP) is 1.18. The third-order valence-electron chi connectivity index (χ3n) is 1.56. The Labute approximate surface area is 71.3 Å². The number of pyridine rings is 1. The highest BCUT2D eigenvalue weighted by molar-refractivity contribution is 7.48. The van der Waals surface area contributed by atoms with E-state index < -0.39 is 15.8 Å². The van der Waals surface area contributed by atoms with Crippen LogP contribution in [0.1, 0.15) is 0 Å². The molecule has 1 atom stereocenters. The lowest BCUT2D eigenvalue weighted by atomic mass is 10.3. The summed E-state index contributed by atoms with van der Waals surface area (Å²) in [7, 11) is -0.882. The third-order valence-corrected chi connectivity index (χ3v) is 2.93. The minimum absolute atomic E-state index is 0.741. The zero-order valence-corrected chi connectivity index (χ0v) is 6.88. The van der Waals surface area contributed by atoms with Crippen LogP contribution in [0.3, 0.4) is 0 Å². The number of rotatable bonds is 1. The van der Waals surface area contributed by atoms with Gasteiger partial charge in [0, 0.05) is 16.7 Å². The molecule has 2 aromatic heterocycles. The number of hydrogen-bond donors (Lipinski definition) is 0. The van der Waals surface area contributed by atoms with Crippen LogP contribution in [0, 0.1) is 0 Å². The topological polar surface area (TPSA) is 53.0 Å². The highest BCUT2D eigenvalue weighted by Crippen LogP contribution is 2.25. The maximum atomic E-state index is 10.5. The molecule has 0 radical (unpaired) electrons. The normalized spacial score (nSPS) is 11.8. The first-order chi connectivity index (χ1) is 5.77. The van der Waals surface area contributed by atoms with E-state index in [1.54, 1.807) is 23.0 Å². The zero-order chi connectivity index (χ0) is 8.55. The average molecular weight is 179 g/mol. The summed E-state index contributed by atoms with van der Waals surface area (Å²) in [4.78, 5) is 14.5. The van der Waals surface area contributed by atoms with Gasteiger partial charge in [0.25, 0.3) is 0 Å². The summed E-state index contributed by atoms with van der Waals surface area (Å²) in [5.74, 6) is 0. The summed E-state index contributed by atoms with van der Waals surface area (Å²) in [6.07, 6.45) is 1.64. The molecule has 3 nitrogen and oxygen atoms in total. The van der Waals surface area contributed by atoms with Gasteiger partial charge in [0.05, 0.1) is 5.39 Å². The number of aromatic nitrogens is 1. The van der Waals surface area contributed by atoms with E-state index in [-0.39, 0.29) is 0 Å². The monoisotopic (exact) mass is 179 g/mol. The largest absolute Gasteiger partial charge is 0.500 e. The maximum absolute atomic E-state index is 10.5. The Morgan fingerprint density at radius 3 is 3.00 bits per heavy atom. The number of nitrogens with zero attached hydrogens (tertiary/aromatic N) is 1. The molecule has 1 unspecified atom stereocenters. The number of hydrogen-bond acceptors (Lipinski definition) is 3. The Morgan fingerprint density at radius 2 is 2.33 bits per heavy atom. The second-order valence-corrected chi connectivity index (χ2v) is 3.88. The summed E-state index contributed by atoms with van der Waals surface area (Å²) < 4.78 is 0. The van der Waals surface area contributed by atoms with Crippen molar-refractivity contribution in [2.45, 2.75) is 0 Å². The molecule has 0 saturated heterocycles. The molecule has 60 valence electrons. The van der Waals surface area contributed by atoms with Gasteiger partial charge in [0.1, 0.15) is 5.52 Å². The Kier molecular flexibility index (Phi) is 1.55. The van der Waals surface area contributed by atoms with Crippen LogP contribution in [0.4, 0.5) is 4.79 Å². The van der Waals surface area contributed by atoms with Crippen LogP contribution in [0.25, 0.3) is 10.9 Å². The molecule has 2 aromatic rings. The minimum Gasteiger partial charge on any atom is -0.500 e. The SMILES string of the molecule is O=C([O-])[s+]1cc2cccnc2c1. The first-order valence-corrected chi connectivity index (χ1v) is 4.70. The van der Waals surface area contributed by atoms with Crippen molar-refractivity contribution in [1.82, 2.24) is 4.98 Å². The molecule has 0 saturated carbocycles. The summed E-state index contributed by atoms with van der Waals surface area (Å²) in [6.45, 7) is 0. The molecule has 0 aliphatic carbocycles. The molecule has 2 rings (SSSR count). The van der Waals surface area contributed by atoms with E-state index >= 15 is 0 Å². The molecular formula is C8H5NO2S. The van der Waals surface area contributed by atoms with Crippen molar-refractivity contribution < 1.29 is 9.90 Å². The number of carbonyl (C=O) groups is 1. The van der Waals surface area contributed by atoms with Crippen LogP contribution in [-0.2, 0) is 0 Å². The predicted molar refractivity (Wildman–Crippen MR) is 45.0 cm³/mol. The fourth-order valence-electron chi connectivity index (χ4n) is 1.02. The highest BCUT2D eigenvalue weighted by atomic mass is 32.2. The maximum Gasteiger partial charge on any atom is 0.300 e. The summed E-state index contributed by atoms with van der Waals surface area (Å²) in [6, 6.07) is 3.63.